The molecule has 0 spiro atoms. The minimum atomic E-state index is 0.0576. The van der Waals surface area contributed by atoms with E-state index in [4.69, 9.17) is 5.73 Å². The molecule has 0 bridgehead atoms. The van der Waals surface area contributed by atoms with Crippen LogP contribution in [0.5, 0.6) is 0 Å². The molecule has 0 saturated carbocycles. The van der Waals surface area contributed by atoms with Gasteiger partial charge in [0.05, 0.1) is 0 Å². The van der Waals surface area contributed by atoms with Crippen LogP contribution in [0.4, 0.5) is 0 Å². The van der Waals surface area contributed by atoms with Gasteiger partial charge in [0.2, 0.25) is 0 Å². The summed E-state index contributed by atoms with van der Waals surface area (Å²) in [6, 6.07) is 6.29. The molecule has 19 heavy (non-hydrogen) atoms. The van der Waals surface area contributed by atoms with Crippen molar-refractivity contribution in [2.24, 2.45) is 5.73 Å². The summed E-state index contributed by atoms with van der Waals surface area (Å²) < 4.78 is 0. The van der Waals surface area contributed by atoms with Crippen molar-refractivity contribution in [2.45, 2.75) is 39.0 Å². The number of hydrogen-bond donors (Lipinski definition) is 1. The number of hydrogen-bond acceptors (Lipinski definition) is 2. The van der Waals surface area contributed by atoms with Crippen LogP contribution in [0.25, 0.3) is 0 Å². The van der Waals surface area contributed by atoms with Gasteiger partial charge in [-0.3, -0.25) is 4.79 Å². The van der Waals surface area contributed by atoms with Gasteiger partial charge in [-0.2, -0.15) is 0 Å². The summed E-state index contributed by atoms with van der Waals surface area (Å²) in [4.78, 5) is 14.4. The fraction of sp³-hybridized carbons (Fsp3) is 0.562. The molecule has 1 aromatic carbocycles. The van der Waals surface area contributed by atoms with Gasteiger partial charge in [0.25, 0.3) is 5.91 Å². The van der Waals surface area contributed by atoms with Crippen LogP contribution in [0.15, 0.2) is 18.2 Å². The maximum absolute atomic E-state index is 12.5. The molecule has 0 saturated heterocycles. The summed E-state index contributed by atoms with van der Waals surface area (Å²) >= 11 is 0. The molecule has 3 heteroatoms. The normalized spacial score (nSPS) is 19.5. The Morgan fingerprint density at radius 2 is 2.05 bits per heavy atom. The molecule has 0 aliphatic carbocycles. The fourth-order valence-corrected chi connectivity index (χ4v) is 2.66. The van der Waals surface area contributed by atoms with Crippen molar-refractivity contribution in [3.63, 3.8) is 0 Å². The van der Waals surface area contributed by atoms with Crippen LogP contribution in [-0.2, 0) is 5.41 Å². The van der Waals surface area contributed by atoms with E-state index >= 15 is 0 Å². The molecular formula is C16H24N2O. The van der Waals surface area contributed by atoms with Crippen molar-refractivity contribution in [3.05, 3.63) is 34.9 Å². The van der Waals surface area contributed by atoms with Crippen molar-refractivity contribution in [2.75, 3.05) is 19.6 Å². The standard InChI is InChI=1S/C16H24N2O/c1-5-18-10-11(9-17)13-7-6-12(16(2,3)4)8-14(13)15(18)19/h6-8,11H,5,9-10,17H2,1-4H3. The number of benzene rings is 1. The Hall–Kier alpha value is -1.35. The first kappa shape index (κ1) is 14.1. The number of fused-ring (bicyclic) bond motifs is 1. The number of carbonyl (C=O) groups excluding carboxylic acids is 1. The van der Waals surface area contributed by atoms with Gasteiger partial charge in [0, 0.05) is 31.1 Å². The lowest BCUT2D eigenvalue weighted by Crippen LogP contribution is -2.42. The van der Waals surface area contributed by atoms with Crippen molar-refractivity contribution in [1.82, 2.24) is 4.90 Å². The van der Waals surface area contributed by atoms with Crippen LogP contribution in [0.2, 0.25) is 0 Å². The Morgan fingerprint density at radius 1 is 1.37 bits per heavy atom. The zero-order valence-corrected chi connectivity index (χ0v) is 12.4. The Kier molecular flexibility index (Phi) is 3.68. The second-order valence-corrected chi connectivity index (χ2v) is 6.33. The average Bonchev–Trinajstić information content (AvgIpc) is 2.38. The summed E-state index contributed by atoms with van der Waals surface area (Å²) in [5.74, 6) is 0.412. The predicted molar refractivity (Wildman–Crippen MR) is 78.5 cm³/mol. The predicted octanol–water partition coefficient (Wildman–Crippen LogP) is 2.50. The molecule has 0 aromatic heterocycles. The zero-order chi connectivity index (χ0) is 14.2. The first-order chi connectivity index (χ1) is 8.88. The molecule has 2 N–H and O–H groups in total. The van der Waals surface area contributed by atoms with Crippen LogP contribution >= 0.6 is 0 Å². The highest BCUT2D eigenvalue weighted by molar-refractivity contribution is 5.97. The highest BCUT2D eigenvalue weighted by Crippen LogP contribution is 2.31. The van der Waals surface area contributed by atoms with Crippen molar-refractivity contribution in [3.8, 4) is 0 Å². The Morgan fingerprint density at radius 3 is 2.58 bits per heavy atom. The molecular weight excluding hydrogens is 236 g/mol. The van der Waals surface area contributed by atoms with Crippen LogP contribution in [0.1, 0.15) is 55.1 Å². The lowest BCUT2D eigenvalue weighted by molar-refractivity contribution is 0.0732. The maximum atomic E-state index is 12.5. The van der Waals surface area contributed by atoms with Gasteiger partial charge in [-0.1, -0.05) is 32.9 Å². The summed E-state index contributed by atoms with van der Waals surface area (Å²) in [5, 5.41) is 0. The van der Waals surface area contributed by atoms with E-state index in [9.17, 15) is 4.79 Å². The SMILES string of the molecule is CCN1CC(CN)c2ccc(C(C)(C)C)cc2C1=O. The summed E-state index contributed by atoms with van der Waals surface area (Å²) in [5.41, 5.74) is 9.09. The van der Waals surface area contributed by atoms with E-state index in [2.05, 4.69) is 39.0 Å². The highest BCUT2D eigenvalue weighted by Gasteiger charge is 2.30. The lowest BCUT2D eigenvalue weighted by Gasteiger charge is -2.34. The smallest absolute Gasteiger partial charge is 0.254 e. The Balaban J connectivity index is 2.52. The molecule has 0 radical (unpaired) electrons. The summed E-state index contributed by atoms with van der Waals surface area (Å²) in [6.07, 6.45) is 0. The van der Waals surface area contributed by atoms with Crippen molar-refractivity contribution < 1.29 is 4.79 Å². The average molecular weight is 260 g/mol. The minimum absolute atomic E-state index is 0.0576. The monoisotopic (exact) mass is 260 g/mol. The number of nitrogens with zero attached hydrogens (tertiary/aromatic N) is 1. The minimum Gasteiger partial charge on any atom is -0.338 e. The number of carbonyl (C=O) groups is 1. The molecule has 1 heterocycles. The maximum Gasteiger partial charge on any atom is 0.254 e. The summed E-state index contributed by atoms with van der Waals surface area (Å²) in [6.45, 7) is 10.6. The molecule has 1 unspecified atom stereocenters. The molecule has 2 rings (SSSR count). The van der Waals surface area contributed by atoms with E-state index in [0.29, 0.717) is 6.54 Å². The first-order valence-electron chi connectivity index (χ1n) is 7.02. The van der Waals surface area contributed by atoms with Crippen LogP contribution in [-0.4, -0.2) is 30.4 Å². The van der Waals surface area contributed by atoms with E-state index in [1.807, 2.05) is 11.8 Å². The van der Waals surface area contributed by atoms with Gasteiger partial charge < -0.3 is 10.6 Å². The van der Waals surface area contributed by atoms with E-state index < -0.39 is 0 Å². The molecule has 1 aliphatic rings. The van der Waals surface area contributed by atoms with E-state index in [0.717, 1.165) is 24.2 Å². The van der Waals surface area contributed by atoms with Gasteiger partial charge in [-0.25, -0.2) is 0 Å². The van der Waals surface area contributed by atoms with Gasteiger partial charge >= 0.3 is 0 Å². The molecule has 1 atom stereocenters. The van der Waals surface area contributed by atoms with Crippen LogP contribution in [0.3, 0.4) is 0 Å². The molecule has 1 aromatic rings. The second-order valence-electron chi connectivity index (χ2n) is 6.33. The zero-order valence-electron chi connectivity index (χ0n) is 12.4. The summed E-state index contributed by atoms with van der Waals surface area (Å²) in [7, 11) is 0. The van der Waals surface area contributed by atoms with Crippen molar-refractivity contribution >= 4 is 5.91 Å². The third-order valence-corrected chi connectivity index (χ3v) is 3.98. The van der Waals surface area contributed by atoms with Crippen LogP contribution < -0.4 is 5.73 Å². The van der Waals surface area contributed by atoms with E-state index in [-0.39, 0.29) is 17.2 Å². The third kappa shape index (κ3) is 2.52. The van der Waals surface area contributed by atoms with Gasteiger partial charge in [0.15, 0.2) is 0 Å². The third-order valence-electron chi connectivity index (χ3n) is 3.98. The van der Waals surface area contributed by atoms with E-state index in [1.165, 1.54) is 5.56 Å². The number of nitrogens with two attached hydrogens (primary N) is 1. The second kappa shape index (κ2) is 4.97. The largest absolute Gasteiger partial charge is 0.338 e. The van der Waals surface area contributed by atoms with E-state index in [1.54, 1.807) is 0 Å². The number of rotatable bonds is 2. The van der Waals surface area contributed by atoms with Gasteiger partial charge in [0.1, 0.15) is 0 Å². The number of likely N-dealkylation sites (N-methyl/N-ethyl adjacent to an activating group) is 1. The van der Waals surface area contributed by atoms with Gasteiger partial charge in [-0.15, -0.1) is 0 Å². The molecule has 1 aliphatic heterocycles. The highest BCUT2D eigenvalue weighted by atomic mass is 16.2. The Bertz CT molecular complexity index is 488. The molecule has 0 fully saturated rings. The molecule has 104 valence electrons. The molecule has 3 nitrogen and oxygen atoms in total. The van der Waals surface area contributed by atoms with Crippen molar-refractivity contribution in [1.29, 1.82) is 0 Å². The topological polar surface area (TPSA) is 46.3 Å². The molecule has 1 amide bonds. The first-order valence-corrected chi connectivity index (χ1v) is 7.02. The fourth-order valence-electron chi connectivity index (χ4n) is 2.66. The quantitative estimate of drug-likeness (QED) is 0.888. The number of amides is 1. The van der Waals surface area contributed by atoms with Gasteiger partial charge in [-0.05, 0) is 29.5 Å². The van der Waals surface area contributed by atoms with Crippen LogP contribution in [0, 0.1) is 0 Å². The lowest BCUT2D eigenvalue weighted by atomic mass is 9.81. The Labute approximate surface area is 115 Å².